The Bertz CT molecular complexity index is 1160. The number of nitrogens with one attached hydrogen (secondary N) is 1. The predicted octanol–water partition coefficient (Wildman–Crippen LogP) is 14.8. The van der Waals surface area contributed by atoms with Crippen LogP contribution in [0.2, 0.25) is 0 Å². The largest absolute Gasteiger partial charge is 0.462 e. The summed E-state index contributed by atoms with van der Waals surface area (Å²) in [5.41, 5.74) is 0. The minimum absolute atomic E-state index is 0.0405. The number of carbonyl (C=O) groups is 2. The molecule has 3 N–H and O–H groups in total. The van der Waals surface area contributed by atoms with Gasteiger partial charge in [0.2, 0.25) is 5.91 Å². The van der Waals surface area contributed by atoms with Gasteiger partial charge in [0.1, 0.15) is 6.10 Å². The van der Waals surface area contributed by atoms with Gasteiger partial charge in [-0.15, -0.1) is 0 Å². The molecule has 1 amide bonds. The van der Waals surface area contributed by atoms with E-state index in [1.54, 1.807) is 0 Å². The van der Waals surface area contributed by atoms with E-state index < -0.39 is 18.2 Å². The first-order chi connectivity index (χ1) is 29.5. The van der Waals surface area contributed by atoms with Crippen molar-refractivity contribution in [1.29, 1.82) is 0 Å². The number of carbonyl (C=O) groups excluding carboxylic acids is 2. The van der Waals surface area contributed by atoms with Crippen LogP contribution in [-0.2, 0) is 14.3 Å². The van der Waals surface area contributed by atoms with Crippen molar-refractivity contribution in [1.82, 2.24) is 5.32 Å². The van der Waals surface area contributed by atoms with Crippen molar-refractivity contribution >= 4 is 11.9 Å². The maximum absolute atomic E-state index is 13.2. The lowest BCUT2D eigenvalue weighted by Gasteiger charge is -2.24. The second-order valence-corrected chi connectivity index (χ2v) is 16.6. The number of unbranched alkanes of at least 4 members (excludes halogenated alkanes) is 22. The molecule has 0 aliphatic carbocycles. The Hall–Kier alpha value is -2.96. The molecule has 0 saturated heterocycles. The van der Waals surface area contributed by atoms with Crippen molar-refractivity contribution in [2.45, 2.75) is 238 Å². The molecular weight excluding hydrogens is 743 g/mol. The van der Waals surface area contributed by atoms with Crippen LogP contribution in [0.3, 0.4) is 0 Å². The molecule has 0 rings (SSSR count). The van der Waals surface area contributed by atoms with Crippen molar-refractivity contribution in [3.8, 4) is 0 Å². The van der Waals surface area contributed by atoms with Gasteiger partial charge in [-0.05, 0) is 64.2 Å². The van der Waals surface area contributed by atoms with Crippen LogP contribution in [0.5, 0.6) is 0 Å². The zero-order valence-corrected chi connectivity index (χ0v) is 39.1. The van der Waals surface area contributed by atoms with Gasteiger partial charge in [-0.3, -0.25) is 9.59 Å². The van der Waals surface area contributed by atoms with Crippen LogP contribution in [-0.4, -0.2) is 46.9 Å². The van der Waals surface area contributed by atoms with Gasteiger partial charge in [-0.25, -0.2) is 0 Å². The molecule has 6 heteroatoms. The highest BCUT2D eigenvalue weighted by atomic mass is 16.5. The van der Waals surface area contributed by atoms with E-state index in [0.29, 0.717) is 19.3 Å². The molecule has 3 unspecified atom stereocenters. The smallest absolute Gasteiger partial charge is 0.306 e. The summed E-state index contributed by atoms with van der Waals surface area (Å²) in [6.45, 7) is 6.19. The molecule has 0 bridgehead atoms. The summed E-state index contributed by atoms with van der Waals surface area (Å²) in [5.74, 6) is -0.542. The van der Waals surface area contributed by atoms with Crippen LogP contribution in [0.15, 0.2) is 85.1 Å². The molecule has 6 nitrogen and oxygen atoms in total. The summed E-state index contributed by atoms with van der Waals surface area (Å²) in [4.78, 5) is 26.1. The van der Waals surface area contributed by atoms with E-state index in [1.807, 2.05) is 30.4 Å². The van der Waals surface area contributed by atoms with E-state index in [2.05, 4.69) is 80.8 Å². The molecule has 0 saturated carbocycles. The lowest BCUT2D eigenvalue weighted by atomic mass is 10.0. The molecule has 3 atom stereocenters. The van der Waals surface area contributed by atoms with Crippen LogP contribution in [0.1, 0.15) is 220 Å². The second kappa shape index (κ2) is 47.1. The molecule has 0 aromatic heterocycles. The Kier molecular flexibility index (Phi) is 44.8. The first-order valence-electron chi connectivity index (χ1n) is 24.9. The van der Waals surface area contributed by atoms with Crippen molar-refractivity contribution in [2.75, 3.05) is 6.61 Å². The number of amides is 1. The van der Waals surface area contributed by atoms with Crippen LogP contribution < -0.4 is 5.32 Å². The van der Waals surface area contributed by atoms with Gasteiger partial charge in [-0.2, -0.15) is 0 Å². The van der Waals surface area contributed by atoms with Gasteiger partial charge in [0.15, 0.2) is 0 Å². The van der Waals surface area contributed by atoms with Crippen molar-refractivity contribution in [3.63, 3.8) is 0 Å². The summed E-state index contributed by atoms with van der Waals surface area (Å²) in [5, 5.41) is 23.7. The summed E-state index contributed by atoms with van der Waals surface area (Å²) in [6.07, 6.45) is 60.7. The number of aliphatic hydroxyl groups is 2. The fourth-order valence-corrected chi connectivity index (χ4v) is 7.15. The molecule has 0 aliphatic heterocycles. The zero-order valence-electron chi connectivity index (χ0n) is 39.1. The average molecular weight is 836 g/mol. The fraction of sp³-hybridized carbons (Fsp3) is 0.704. The molecule has 344 valence electrons. The topological polar surface area (TPSA) is 95.9 Å². The number of hydrogen-bond donors (Lipinski definition) is 3. The van der Waals surface area contributed by atoms with Crippen LogP contribution in [0, 0.1) is 0 Å². The van der Waals surface area contributed by atoms with E-state index in [0.717, 1.165) is 96.3 Å². The lowest BCUT2D eigenvalue weighted by molar-refractivity contribution is -0.151. The Balaban J connectivity index is 4.61. The second-order valence-electron chi connectivity index (χ2n) is 16.6. The zero-order chi connectivity index (χ0) is 43.8. The van der Waals surface area contributed by atoms with Crippen LogP contribution in [0.25, 0.3) is 0 Å². The van der Waals surface area contributed by atoms with E-state index in [-0.39, 0.29) is 24.9 Å². The molecule has 60 heavy (non-hydrogen) atoms. The normalized spacial score (nSPS) is 14.0. The number of rotatable bonds is 43. The molecule has 0 aromatic carbocycles. The number of ether oxygens (including phenoxy) is 1. The van der Waals surface area contributed by atoms with Gasteiger partial charge in [0.05, 0.1) is 25.2 Å². The van der Waals surface area contributed by atoms with Gasteiger partial charge in [0, 0.05) is 6.42 Å². The maximum atomic E-state index is 13.2. The first-order valence-corrected chi connectivity index (χ1v) is 24.9. The number of aliphatic hydroxyl groups excluding tert-OH is 2. The number of hydrogen-bond acceptors (Lipinski definition) is 5. The molecule has 0 fully saturated rings. The predicted molar refractivity (Wildman–Crippen MR) is 259 cm³/mol. The molecule has 0 aliphatic rings. The summed E-state index contributed by atoms with van der Waals surface area (Å²) < 4.78 is 5.89. The molecule has 0 aromatic rings. The number of allylic oxidation sites excluding steroid dienone is 14. The van der Waals surface area contributed by atoms with Gasteiger partial charge in [-0.1, -0.05) is 228 Å². The Morgan fingerprint density at radius 2 is 0.900 bits per heavy atom. The summed E-state index contributed by atoms with van der Waals surface area (Å²) in [6, 6.07) is -0.721. The highest BCUT2D eigenvalue weighted by Crippen LogP contribution is 2.17. The Morgan fingerprint density at radius 3 is 1.38 bits per heavy atom. The first kappa shape index (κ1) is 57.0. The van der Waals surface area contributed by atoms with E-state index >= 15 is 0 Å². The van der Waals surface area contributed by atoms with E-state index in [1.165, 1.54) is 77.0 Å². The molecule has 0 radical (unpaired) electrons. The average Bonchev–Trinajstić information content (AvgIpc) is 3.24. The molecule has 0 heterocycles. The minimum Gasteiger partial charge on any atom is -0.462 e. The summed E-state index contributed by atoms with van der Waals surface area (Å²) >= 11 is 0. The van der Waals surface area contributed by atoms with Crippen molar-refractivity contribution in [3.05, 3.63) is 85.1 Å². The quantitative estimate of drug-likeness (QED) is 0.0323. The van der Waals surface area contributed by atoms with Gasteiger partial charge < -0.3 is 20.3 Å². The lowest BCUT2D eigenvalue weighted by Crippen LogP contribution is -2.46. The fourth-order valence-electron chi connectivity index (χ4n) is 7.15. The SMILES string of the molecule is CC/C=C/C=C/C=C\CCCCCC(CC(=O)NC(CO)C(O)CCCCCCCCCCCCCCCCC)OC(=O)CCCCCCC\C=C/C=C/C=C/C=C/CC. The third kappa shape index (κ3) is 41.8. The molecule has 0 spiro atoms. The van der Waals surface area contributed by atoms with Gasteiger partial charge >= 0.3 is 5.97 Å². The minimum atomic E-state index is -0.805. The van der Waals surface area contributed by atoms with Crippen molar-refractivity contribution < 1.29 is 24.5 Å². The standard InChI is InChI=1S/C54H93NO5/c1-4-7-10-13-16-19-22-24-26-28-31-34-37-40-43-46-52(57)51(49-56)55-53(58)48-50(45-42-39-36-33-30-21-18-15-12-9-6-3)60-54(59)47-44-41-38-35-32-29-27-25-23-20-17-14-11-8-5-2/h8-9,11-12,14-15,17-18,20-21,23,25,27,30,50-52,56-57H,4-7,10,13,16,19,22,24,26,28-29,31-49H2,1-3H3,(H,55,58)/b11-8+,12-9+,17-14+,18-15+,23-20+,27-25-,30-21-. The van der Waals surface area contributed by atoms with Crippen LogP contribution in [0.4, 0.5) is 0 Å². The van der Waals surface area contributed by atoms with Crippen LogP contribution >= 0.6 is 0 Å². The van der Waals surface area contributed by atoms with Crippen molar-refractivity contribution in [2.24, 2.45) is 0 Å². The highest BCUT2D eigenvalue weighted by Gasteiger charge is 2.24. The maximum Gasteiger partial charge on any atom is 0.306 e. The highest BCUT2D eigenvalue weighted by molar-refractivity contribution is 5.77. The van der Waals surface area contributed by atoms with Gasteiger partial charge in [0.25, 0.3) is 0 Å². The van der Waals surface area contributed by atoms with E-state index in [9.17, 15) is 19.8 Å². The third-order valence-corrected chi connectivity index (χ3v) is 10.9. The third-order valence-electron chi connectivity index (χ3n) is 10.9. The Labute approximate surface area is 370 Å². The molecular formula is C54H93NO5. The van der Waals surface area contributed by atoms with E-state index in [4.69, 9.17) is 4.74 Å². The number of esters is 1. The monoisotopic (exact) mass is 836 g/mol. The summed E-state index contributed by atoms with van der Waals surface area (Å²) in [7, 11) is 0. The Morgan fingerprint density at radius 1 is 0.500 bits per heavy atom.